The van der Waals surface area contributed by atoms with Crippen molar-refractivity contribution in [2.45, 2.75) is 0 Å². The van der Waals surface area contributed by atoms with Crippen LogP contribution in [0.4, 0.5) is 4.79 Å². The van der Waals surface area contributed by atoms with Gasteiger partial charge in [-0.05, 0) is 37.9 Å². The minimum absolute atomic E-state index is 0.0700. The number of Topliss-reactive ketones (excluding diaryl/α,β-unsaturated/α-hetero) is 1. The number of nitrogens with zero attached hydrogens (tertiary/aromatic N) is 1. The second kappa shape index (κ2) is 4.85. The molecule has 1 aliphatic rings. The summed E-state index contributed by atoms with van der Waals surface area (Å²) in [4.78, 5) is 24.5. The minimum atomic E-state index is -0.418. The Morgan fingerprint density at radius 1 is 1.56 bits per heavy atom. The summed E-state index contributed by atoms with van der Waals surface area (Å²) in [5.74, 6) is -0.0901. The summed E-state index contributed by atoms with van der Waals surface area (Å²) in [6.45, 7) is 0.911. The quantitative estimate of drug-likeness (QED) is 0.770. The second-order valence-corrected chi connectivity index (χ2v) is 6.95. The molecule has 4 nitrogen and oxygen atoms in total. The summed E-state index contributed by atoms with van der Waals surface area (Å²) in [5.41, 5.74) is 0.594. The van der Waals surface area contributed by atoms with Crippen molar-refractivity contribution < 1.29 is 14.3 Å². The van der Waals surface area contributed by atoms with Crippen LogP contribution in [0.2, 0.25) is 0 Å². The number of thiophene rings is 1. The fourth-order valence-corrected chi connectivity index (χ4v) is 4.21. The van der Waals surface area contributed by atoms with Crippen molar-refractivity contribution >= 4 is 55.1 Å². The Labute approximate surface area is 113 Å². The van der Waals surface area contributed by atoms with E-state index in [9.17, 15) is 9.59 Å². The van der Waals surface area contributed by atoms with Crippen molar-refractivity contribution in [2.75, 3.05) is 19.7 Å². The van der Waals surface area contributed by atoms with Crippen LogP contribution in [0.15, 0.2) is 13.6 Å². The molecule has 16 heavy (non-hydrogen) atoms. The number of cyclic esters (lactones) is 1. The van der Waals surface area contributed by atoms with Gasteiger partial charge in [0, 0.05) is 5.56 Å². The number of ether oxygens (including phenoxy) is 1. The van der Waals surface area contributed by atoms with E-state index in [0.717, 1.165) is 7.57 Å². The van der Waals surface area contributed by atoms with Gasteiger partial charge in [-0.25, -0.2) is 4.79 Å². The van der Waals surface area contributed by atoms with E-state index in [1.165, 1.54) is 16.2 Å². The van der Waals surface area contributed by atoms with Crippen molar-refractivity contribution in [3.05, 3.63) is 19.2 Å². The van der Waals surface area contributed by atoms with E-state index in [2.05, 4.69) is 31.9 Å². The molecular weight excluding hydrogens is 362 g/mol. The van der Waals surface area contributed by atoms with Crippen LogP contribution in [0, 0.1) is 0 Å². The molecule has 1 saturated heterocycles. The normalized spacial score (nSPS) is 15.4. The largest absolute Gasteiger partial charge is 0.448 e. The van der Waals surface area contributed by atoms with Crippen LogP contribution < -0.4 is 0 Å². The minimum Gasteiger partial charge on any atom is -0.448 e. The summed E-state index contributed by atoms with van der Waals surface area (Å²) in [5, 5.41) is 0. The lowest BCUT2D eigenvalue weighted by atomic mass is 10.2. The number of rotatable bonds is 3. The third-order valence-corrected chi connectivity index (χ3v) is 4.48. The van der Waals surface area contributed by atoms with Crippen LogP contribution >= 0.6 is 43.2 Å². The number of carbonyl (C=O) groups excluding carboxylic acids is 2. The Hall–Kier alpha value is -0.400. The lowest BCUT2D eigenvalue weighted by Gasteiger charge is -2.10. The highest BCUT2D eigenvalue weighted by molar-refractivity contribution is 9.12. The van der Waals surface area contributed by atoms with Gasteiger partial charge >= 0.3 is 6.09 Å². The van der Waals surface area contributed by atoms with Gasteiger partial charge in [-0.15, -0.1) is 11.3 Å². The second-order valence-electron chi connectivity index (χ2n) is 3.20. The summed E-state index contributed by atoms with van der Waals surface area (Å²) >= 11 is 8.06. The summed E-state index contributed by atoms with van der Waals surface area (Å²) in [6, 6.07) is 1.75. The highest BCUT2D eigenvalue weighted by atomic mass is 79.9. The molecule has 0 unspecified atom stereocenters. The Morgan fingerprint density at radius 3 is 2.81 bits per heavy atom. The van der Waals surface area contributed by atoms with Gasteiger partial charge in [0.05, 0.1) is 20.7 Å². The van der Waals surface area contributed by atoms with Gasteiger partial charge in [0.2, 0.25) is 0 Å². The SMILES string of the molecule is O=C(CN1CCOC1=O)c1cc(Br)sc1Br. The highest BCUT2D eigenvalue weighted by Crippen LogP contribution is 2.32. The van der Waals surface area contributed by atoms with E-state index < -0.39 is 6.09 Å². The first-order valence-electron chi connectivity index (χ1n) is 4.47. The summed E-state index contributed by atoms with van der Waals surface area (Å²) in [6.07, 6.45) is -0.418. The van der Waals surface area contributed by atoms with Crippen LogP contribution in [0.3, 0.4) is 0 Å². The number of ketones is 1. The fraction of sp³-hybridized carbons (Fsp3) is 0.333. The number of hydrogen-bond acceptors (Lipinski definition) is 4. The maximum atomic E-state index is 11.9. The molecule has 0 saturated carbocycles. The third-order valence-electron chi connectivity index (χ3n) is 2.14. The molecule has 86 valence electrons. The maximum Gasteiger partial charge on any atom is 0.410 e. The van der Waals surface area contributed by atoms with Gasteiger partial charge in [0.15, 0.2) is 5.78 Å². The van der Waals surface area contributed by atoms with Gasteiger partial charge in [-0.2, -0.15) is 0 Å². The first kappa shape index (κ1) is 12.1. The van der Waals surface area contributed by atoms with E-state index in [0.29, 0.717) is 18.7 Å². The number of amides is 1. The van der Waals surface area contributed by atoms with Crippen LogP contribution in [0.25, 0.3) is 0 Å². The molecule has 1 fully saturated rings. The van der Waals surface area contributed by atoms with Crippen molar-refractivity contribution in [3.63, 3.8) is 0 Å². The lowest BCUT2D eigenvalue weighted by molar-refractivity contribution is 0.0943. The molecule has 2 heterocycles. The molecule has 0 spiro atoms. The highest BCUT2D eigenvalue weighted by Gasteiger charge is 2.25. The van der Waals surface area contributed by atoms with Crippen LogP contribution in [0.1, 0.15) is 10.4 Å². The zero-order chi connectivity index (χ0) is 11.7. The molecule has 1 aliphatic heterocycles. The smallest absolute Gasteiger partial charge is 0.410 e. The van der Waals surface area contributed by atoms with Crippen LogP contribution in [-0.4, -0.2) is 36.5 Å². The van der Waals surface area contributed by atoms with E-state index in [1.807, 2.05) is 0 Å². The molecule has 0 aromatic carbocycles. The number of hydrogen-bond donors (Lipinski definition) is 0. The molecule has 7 heteroatoms. The Bertz CT molecular complexity index is 446. The molecule has 1 amide bonds. The van der Waals surface area contributed by atoms with Gasteiger partial charge in [-0.1, -0.05) is 0 Å². The molecular formula is C9H7Br2NO3S. The Kier molecular flexibility index (Phi) is 3.66. The zero-order valence-electron chi connectivity index (χ0n) is 8.03. The summed E-state index contributed by atoms with van der Waals surface area (Å²) in [7, 11) is 0. The molecule has 1 aromatic rings. The Balaban J connectivity index is 2.08. The number of carbonyl (C=O) groups is 2. The Morgan fingerprint density at radius 2 is 2.31 bits per heavy atom. The summed E-state index contributed by atoms with van der Waals surface area (Å²) < 4.78 is 6.41. The molecule has 1 aromatic heterocycles. The zero-order valence-corrected chi connectivity index (χ0v) is 12.0. The molecule has 0 aliphatic carbocycles. The first-order chi connectivity index (χ1) is 7.58. The lowest BCUT2D eigenvalue weighted by Crippen LogP contribution is -2.30. The molecule has 0 radical (unpaired) electrons. The first-order valence-corrected chi connectivity index (χ1v) is 6.88. The molecule has 0 N–H and O–H groups in total. The maximum absolute atomic E-state index is 11.9. The number of halogens is 2. The van der Waals surface area contributed by atoms with E-state index in [-0.39, 0.29) is 12.3 Å². The van der Waals surface area contributed by atoms with E-state index in [4.69, 9.17) is 4.74 Å². The predicted molar refractivity (Wildman–Crippen MR) is 67.0 cm³/mol. The fourth-order valence-electron chi connectivity index (χ4n) is 1.36. The van der Waals surface area contributed by atoms with Gasteiger partial charge in [-0.3, -0.25) is 9.69 Å². The van der Waals surface area contributed by atoms with Crippen molar-refractivity contribution in [3.8, 4) is 0 Å². The average molecular weight is 369 g/mol. The van der Waals surface area contributed by atoms with Crippen molar-refractivity contribution in [1.29, 1.82) is 0 Å². The van der Waals surface area contributed by atoms with Gasteiger partial charge in [0.25, 0.3) is 0 Å². The van der Waals surface area contributed by atoms with E-state index in [1.54, 1.807) is 6.07 Å². The third kappa shape index (κ3) is 2.46. The predicted octanol–water partition coefficient (Wildman–Crippen LogP) is 2.91. The molecule has 2 rings (SSSR count). The topological polar surface area (TPSA) is 46.6 Å². The van der Waals surface area contributed by atoms with Gasteiger partial charge < -0.3 is 4.74 Å². The van der Waals surface area contributed by atoms with Crippen LogP contribution in [0.5, 0.6) is 0 Å². The van der Waals surface area contributed by atoms with E-state index >= 15 is 0 Å². The van der Waals surface area contributed by atoms with Crippen molar-refractivity contribution in [1.82, 2.24) is 4.90 Å². The van der Waals surface area contributed by atoms with Gasteiger partial charge in [0.1, 0.15) is 6.61 Å². The van der Waals surface area contributed by atoms with Crippen LogP contribution in [-0.2, 0) is 4.74 Å². The molecule has 0 atom stereocenters. The molecule has 0 bridgehead atoms. The average Bonchev–Trinajstić information content (AvgIpc) is 2.74. The standard InChI is InChI=1S/C9H7Br2NO3S/c10-7-3-5(8(11)16-7)6(13)4-12-1-2-15-9(12)14/h3H,1-2,4H2. The van der Waals surface area contributed by atoms with Crippen molar-refractivity contribution in [2.24, 2.45) is 0 Å². The monoisotopic (exact) mass is 367 g/mol.